The minimum absolute atomic E-state index is 0.0201. The van der Waals surface area contributed by atoms with Gasteiger partial charge in [0.1, 0.15) is 10.2 Å². The molecule has 158 valence electrons. The molecule has 1 heterocycles. The molecule has 0 amide bonds. The summed E-state index contributed by atoms with van der Waals surface area (Å²) in [5, 5.41) is 8.69. The average Bonchev–Trinajstić information content (AvgIpc) is 2.98. The summed E-state index contributed by atoms with van der Waals surface area (Å²) in [6.07, 6.45) is 2.17. The van der Waals surface area contributed by atoms with Crippen LogP contribution in [-0.2, 0) is 6.54 Å². The summed E-state index contributed by atoms with van der Waals surface area (Å²) in [7, 11) is 1.94. The molecular weight excluding hydrogens is 400 g/mol. The third-order valence-electron chi connectivity index (χ3n) is 4.45. The average molecular weight is 432 g/mol. The Balaban J connectivity index is 1.67. The highest BCUT2D eigenvalue weighted by atomic mass is 32.2. The van der Waals surface area contributed by atoms with Crippen LogP contribution in [0.5, 0.6) is 0 Å². The minimum atomic E-state index is -0.812. The first-order valence-electron chi connectivity index (χ1n) is 9.47. The van der Waals surface area contributed by atoms with Gasteiger partial charge in [0.2, 0.25) is 0 Å². The van der Waals surface area contributed by atoms with Gasteiger partial charge >= 0.3 is 0 Å². The molecule has 1 aromatic carbocycles. The zero-order chi connectivity index (χ0) is 20.5. The number of hydrogen-bond acceptors (Lipinski definition) is 7. The van der Waals surface area contributed by atoms with Gasteiger partial charge in [-0.2, -0.15) is 0 Å². The highest BCUT2D eigenvalue weighted by molar-refractivity contribution is 8.17. The van der Waals surface area contributed by atoms with Crippen molar-refractivity contribution >= 4 is 23.5 Å². The smallest absolute Gasteiger partial charge is 0.159 e. The molecule has 1 aliphatic rings. The van der Waals surface area contributed by atoms with Crippen molar-refractivity contribution in [1.82, 2.24) is 21.1 Å². The van der Waals surface area contributed by atoms with Crippen LogP contribution in [0.1, 0.15) is 25.3 Å². The number of hydrazine groups is 1. The van der Waals surface area contributed by atoms with Crippen LogP contribution in [0.15, 0.2) is 30.5 Å². The van der Waals surface area contributed by atoms with Crippen molar-refractivity contribution in [3.05, 3.63) is 47.7 Å². The molecule has 28 heavy (non-hydrogen) atoms. The maximum Gasteiger partial charge on any atom is 0.159 e. The van der Waals surface area contributed by atoms with E-state index in [1.54, 1.807) is 29.6 Å². The highest BCUT2D eigenvalue weighted by Crippen LogP contribution is 2.30. The molecule has 1 aromatic rings. The number of rotatable bonds is 12. The Morgan fingerprint density at radius 1 is 1.39 bits per heavy atom. The summed E-state index contributed by atoms with van der Waals surface area (Å²) in [6, 6.07) is 4.02. The fraction of sp³-hybridized carbons (Fsp3) is 0.579. The molecule has 5 nitrogen and oxygen atoms in total. The Hall–Kier alpha value is -0.840. The number of thioether (sulfide) groups is 2. The van der Waals surface area contributed by atoms with E-state index in [4.69, 9.17) is 5.73 Å². The fourth-order valence-corrected chi connectivity index (χ4v) is 5.11. The molecule has 0 radical (unpaired) electrons. The molecule has 0 saturated carbocycles. The molecule has 0 aliphatic carbocycles. The SMILES string of the molecule is C=C(CSC1NN(C)C(N)S1)NCC(CCC)CNCc1ccc(F)c(F)c1. The third kappa shape index (κ3) is 7.88. The van der Waals surface area contributed by atoms with Crippen LogP contribution in [0, 0.1) is 17.6 Å². The van der Waals surface area contributed by atoms with Gasteiger partial charge in [-0.3, -0.25) is 0 Å². The van der Waals surface area contributed by atoms with E-state index in [1.807, 2.05) is 12.1 Å². The van der Waals surface area contributed by atoms with Gasteiger partial charge in [0, 0.05) is 31.6 Å². The fourth-order valence-electron chi connectivity index (χ4n) is 2.84. The summed E-state index contributed by atoms with van der Waals surface area (Å²) in [5.74, 6) is -0.364. The van der Waals surface area contributed by atoms with Crippen LogP contribution in [-0.4, -0.2) is 41.1 Å². The number of nitrogens with one attached hydrogen (secondary N) is 3. The van der Waals surface area contributed by atoms with Gasteiger partial charge in [-0.05, 0) is 36.6 Å². The lowest BCUT2D eigenvalue weighted by Gasteiger charge is -2.20. The van der Waals surface area contributed by atoms with E-state index < -0.39 is 11.6 Å². The molecule has 1 saturated heterocycles. The summed E-state index contributed by atoms with van der Waals surface area (Å²) >= 11 is 3.45. The number of hydrogen-bond donors (Lipinski definition) is 4. The molecule has 1 aliphatic heterocycles. The van der Waals surface area contributed by atoms with Crippen LogP contribution in [0.25, 0.3) is 0 Å². The molecule has 1 fully saturated rings. The van der Waals surface area contributed by atoms with Gasteiger partial charge < -0.3 is 16.4 Å². The Morgan fingerprint density at radius 2 is 2.18 bits per heavy atom. The van der Waals surface area contributed by atoms with E-state index in [0.717, 1.165) is 42.9 Å². The monoisotopic (exact) mass is 431 g/mol. The molecular formula is C19H31F2N5S2. The molecule has 9 heteroatoms. The van der Waals surface area contributed by atoms with E-state index in [9.17, 15) is 8.78 Å². The quantitative estimate of drug-likeness (QED) is 0.406. The second kappa shape index (κ2) is 12.0. The summed E-state index contributed by atoms with van der Waals surface area (Å²) in [4.78, 5) is 0. The van der Waals surface area contributed by atoms with Crippen LogP contribution in [0.3, 0.4) is 0 Å². The van der Waals surface area contributed by atoms with Crippen molar-refractivity contribution in [3.8, 4) is 0 Å². The second-order valence-electron chi connectivity index (χ2n) is 6.93. The topological polar surface area (TPSA) is 65.3 Å². The third-order valence-corrected chi connectivity index (χ3v) is 7.06. The van der Waals surface area contributed by atoms with Gasteiger partial charge in [0.15, 0.2) is 11.6 Å². The van der Waals surface area contributed by atoms with Gasteiger partial charge in [-0.25, -0.2) is 19.2 Å². The Bertz CT molecular complexity index is 624. The first kappa shape index (κ1) is 23.4. The maximum absolute atomic E-state index is 13.3. The van der Waals surface area contributed by atoms with E-state index in [-0.39, 0.29) is 10.2 Å². The Morgan fingerprint density at radius 3 is 2.82 bits per heavy atom. The van der Waals surface area contributed by atoms with E-state index in [2.05, 4.69) is 29.6 Å². The molecule has 2 rings (SSSR count). The number of benzene rings is 1. The Labute approximate surface area is 175 Å². The molecule has 3 atom stereocenters. The van der Waals surface area contributed by atoms with Crippen LogP contribution in [0.4, 0.5) is 8.78 Å². The number of nitrogens with zero attached hydrogens (tertiary/aromatic N) is 1. The molecule has 5 N–H and O–H groups in total. The van der Waals surface area contributed by atoms with Crippen molar-refractivity contribution in [2.24, 2.45) is 11.7 Å². The van der Waals surface area contributed by atoms with Crippen molar-refractivity contribution in [3.63, 3.8) is 0 Å². The van der Waals surface area contributed by atoms with Crippen molar-refractivity contribution in [2.45, 2.75) is 36.5 Å². The Kier molecular flexibility index (Phi) is 10.0. The largest absolute Gasteiger partial charge is 0.388 e. The van der Waals surface area contributed by atoms with Gasteiger partial charge in [0.05, 0.1) is 0 Å². The summed E-state index contributed by atoms with van der Waals surface area (Å²) in [5.41, 5.74) is 11.0. The summed E-state index contributed by atoms with van der Waals surface area (Å²) in [6.45, 7) is 8.44. The standard InChI is InChI=1S/C19H31F2N5S2/c1-4-5-15(10-23-9-14-6-7-16(20)17(21)8-14)11-24-13(2)12-27-19-25-26(3)18(22)28-19/h6-8,15,18-19,23-25H,2,4-5,9-12,22H2,1,3H3. The number of nitrogens with two attached hydrogens (primary N) is 1. The molecule has 0 spiro atoms. The lowest BCUT2D eigenvalue weighted by Crippen LogP contribution is -2.39. The highest BCUT2D eigenvalue weighted by Gasteiger charge is 2.26. The zero-order valence-corrected chi connectivity index (χ0v) is 18.1. The van der Waals surface area contributed by atoms with Crippen LogP contribution >= 0.6 is 23.5 Å². The van der Waals surface area contributed by atoms with E-state index in [1.165, 1.54) is 12.1 Å². The molecule has 0 bridgehead atoms. The summed E-state index contributed by atoms with van der Waals surface area (Å²) < 4.78 is 26.5. The predicted octanol–water partition coefficient (Wildman–Crippen LogP) is 3.02. The van der Waals surface area contributed by atoms with Crippen molar-refractivity contribution < 1.29 is 8.78 Å². The predicted molar refractivity (Wildman–Crippen MR) is 116 cm³/mol. The maximum atomic E-state index is 13.3. The zero-order valence-electron chi connectivity index (χ0n) is 16.5. The molecule has 0 aromatic heterocycles. The number of halogens is 2. The normalized spacial score (nSPS) is 21.0. The lowest BCUT2D eigenvalue weighted by molar-refractivity contribution is 0.255. The van der Waals surface area contributed by atoms with Crippen LogP contribution < -0.4 is 21.8 Å². The van der Waals surface area contributed by atoms with Crippen molar-refractivity contribution in [2.75, 3.05) is 25.9 Å². The van der Waals surface area contributed by atoms with Crippen molar-refractivity contribution in [1.29, 1.82) is 0 Å². The van der Waals surface area contributed by atoms with Gasteiger partial charge in [-0.15, -0.1) is 11.8 Å². The van der Waals surface area contributed by atoms with Gasteiger partial charge in [-0.1, -0.05) is 37.8 Å². The minimum Gasteiger partial charge on any atom is -0.388 e. The van der Waals surface area contributed by atoms with Gasteiger partial charge in [0.25, 0.3) is 0 Å². The van der Waals surface area contributed by atoms with E-state index >= 15 is 0 Å². The first-order chi connectivity index (χ1) is 13.4. The lowest BCUT2D eigenvalue weighted by atomic mass is 10.0. The second-order valence-corrected chi connectivity index (χ2v) is 9.55. The van der Waals surface area contributed by atoms with E-state index in [0.29, 0.717) is 12.5 Å². The first-order valence-corrected chi connectivity index (χ1v) is 11.5. The molecule has 3 unspecified atom stereocenters. The van der Waals surface area contributed by atoms with Crippen LogP contribution in [0.2, 0.25) is 0 Å².